The molecule has 5 atom stereocenters. The monoisotopic (exact) mass is 495 g/mol. The Morgan fingerprint density at radius 1 is 1.17 bits per heavy atom. The molecular weight excluding hydrogens is 458 g/mol. The molecule has 1 fully saturated rings. The number of rotatable bonds is 12. The van der Waals surface area contributed by atoms with Crippen LogP contribution in [0.4, 0.5) is 5.69 Å². The van der Waals surface area contributed by atoms with Crippen molar-refractivity contribution >= 4 is 17.6 Å². The Balaban J connectivity index is 2.24. The summed E-state index contributed by atoms with van der Waals surface area (Å²) in [6.07, 6.45) is 2.32. The van der Waals surface area contributed by atoms with Crippen LogP contribution >= 0.6 is 0 Å². The third-order valence-corrected chi connectivity index (χ3v) is 5.74. The lowest BCUT2D eigenvalue weighted by Crippen LogP contribution is -2.32. The van der Waals surface area contributed by atoms with Crippen LogP contribution in [0.25, 0.3) is 0 Å². The normalized spacial score (nSPS) is 21.9. The fourth-order valence-electron chi connectivity index (χ4n) is 3.73. The van der Waals surface area contributed by atoms with E-state index in [1.807, 2.05) is 26.0 Å². The van der Waals surface area contributed by atoms with Crippen LogP contribution in [0.2, 0.25) is 0 Å². The molecule has 1 unspecified atom stereocenters. The van der Waals surface area contributed by atoms with Gasteiger partial charge in [-0.2, -0.15) is 0 Å². The molecule has 1 aliphatic heterocycles. The summed E-state index contributed by atoms with van der Waals surface area (Å²) in [7, 11) is 2.83. The molecule has 10 nitrogen and oxygen atoms in total. The van der Waals surface area contributed by atoms with Gasteiger partial charge in [0.15, 0.2) is 12.6 Å². The van der Waals surface area contributed by atoms with Crippen molar-refractivity contribution in [3.05, 3.63) is 29.8 Å². The number of nitrogens with one attached hydrogen (secondary N) is 1. The highest BCUT2D eigenvalue weighted by atomic mass is 16.8. The maximum absolute atomic E-state index is 13.0. The number of aliphatic hydroxyl groups is 1. The fourth-order valence-corrected chi connectivity index (χ4v) is 3.73. The van der Waals surface area contributed by atoms with Gasteiger partial charge in [-0.3, -0.25) is 4.79 Å². The van der Waals surface area contributed by atoms with Gasteiger partial charge < -0.3 is 39.2 Å². The molecule has 1 saturated heterocycles. The standard InChI is InChI=1S/C25H37NO9/c1-14(16(3)27)8-9-15(2)23-20(34-25(4,5)35-23)12-21(28)26-18-10-17(32-7)11-19(33-13-31-6)22(18)24(29)30/h8-11,14-16,20,23,27H,12-13H2,1-7H3,(H,26,28)(H,29,30)/b9-8-/t14-,15?,16+,20+,23+/m0/s1. The van der Waals surface area contributed by atoms with Gasteiger partial charge in [0.1, 0.15) is 17.1 Å². The summed E-state index contributed by atoms with van der Waals surface area (Å²) in [6, 6.07) is 2.82. The number of aromatic carboxylic acids is 1. The number of aliphatic hydroxyl groups excluding tert-OH is 1. The summed E-state index contributed by atoms with van der Waals surface area (Å²) < 4.78 is 27.5. The Morgan fingerprint density at radius 2 is 1.86 bits per heavy atom. The molecule has 3 N–H and O–H groups in total. The van der Waals surface area contributed by atoms with Crippen molar-refractivity contribution in [3.8, 4) is 11.5 Å². The number of carboxylic acids is 1. The minimum absolute atomic E-state index is 0.000509. The van der Waals surface area contributed by atoms with E-state index in [1.54, 1.807) is 20.8 Å². The lowest BCUT2D eigenvalue weighted by atomic mass is 9.95. The molecule has 1 aromatic carbocycles. The minimum Gasteiger partial charge on any atom is -0.497 e. The van der Waals surface area contributed by atoms with Gasteiger partial charge in [0.25, 0.3) is 0 Å². The Morgan fingerprint density at radius 3 is 2.43 bits per heavy atom. The van der Waals surface area contributed by atoms with Gasteiger partial charge in [-0.15, -0.1) is 0 Å². The van der Waals surface area contributed by atoms with Gasteiger partial charge in [0.2, 0.25) is 5.91 Å². The van der Waals surface area contributed by atoms with E-state index in [1.165, 1.54) is 26.4 Å². The number of anilines is 1. The first kappa shape index (κ1) is 28.6. The Kier molecular flexibility index (Phi) is 10.1. The molecule has 0 saturated carbocycles. The zero-order valence-electron chi connectivity index (χ0n) is 21.4. The van der Waals surface area contributed by atoms with Crippen molar-refractivity contribution in [2.24, 2.45) is 11.8 Å². The molecule has 0 spiro atoms. The summed E-state index contributed by atoms with van der Waals surface area (Å²) in [6.45, 7) is 8.96. The second kappa shape index (κ2) is 12.3. The lowest BCUT2D eigenvalue weighted by Gasteiger charge is -2.22. The predicted octanol–water partition coefficient (Wildman–Crippen LogP) is 3.43. The number of benzene rings is 1. The van der Waals surface area contributed by atoms with E-state index >= 15 is 0 Å². The first-order valence-corrected chi connectivity index (χ1v) is 11.5. The highest BCUT2D eigenvalue weighted by Gasteiger charge is 2.44. The van der Waals surface area contributed by atoms with E-state index in [-0.39, 0.29) is 42.0 Å². The average molecular weight is 496 g/mol. The topological polar surface area (TPSA) is 133 Å². The molecule has 1 amide bonds. The third-order valence-electron chi connectivity index (χ3n) is 5.74. The molecule has 1 aromatic rings. The number of hydrogen-bond acceptors (Lipinski definition) is 8. The maximum Gasteiger partial charge on any atom is 0.341 e. The van der Waals surface area contributed by atoms with E-state index in [4.69, 9.17) is 23.7 Å². The van der Waals surface area contributed by atoms with E-state index in [9.17, 15) is 19.8 Å². The molecule has 10 heteroatoms. The maximum atomic E-state index is 13.0. The van der Waals surface area contributed by atoms with Gasteiger partial charge in [-0.1, -0.05) is 26.0 Å². The molecule has 2 rings (SSSR count). The molecule has 1 heterocycles. The van der Waals surface area contributed by atoms with Crippen molar-refractivity contribution in [1.29, 1.82) is 0 Å². The van der Waals surface area contributed by atoms with E-state index in [0.29, 0.717) is 5.75 Å². The Hall–Kier alpha value is -2.66. The summed E-state index contributed by atoms with van der Waals surface area (Å²) >= 11 is 0. The molecule has 1 aliphatic rings. The number of amides is 1. The van der Waals surface area contributed by atoms with Crippen molar-refractivity contribution in [1.82, 2.24) is 0 Å². The second-order valence-electron chi connectivity index (χ2n) is 9.14. The number of methoxy groups -OCH3 is 2. The number of carbonyl (C=O) groups is 2. The summed E-state index contributed by atoms with van der Waals surface area (Å²) in [5.74, 6) is -2.46. The first-order valence-electron chi connectivity index (χ1n) is 11.5. The van der Waals surface area contributed by atoms with Crippen molar-refractivity contribution in [2.45, 2.75) is 65.1 Å². The van der Waals surface area contributed by atoms with Gasteiger partial charge in [-0.05, 0) is 26.7 Å². The van der Waals surface area contributed by atoms with Crippen LogP contribution in [-0.2, 0) is 19.0 Å². The zero-order chi connectivity index (χ0) is 26.3. The van der Waals surface area contributed by atoms with Crippen LogP contribution in [0.5, 0.6) is 11.5 Å². The summed E-state index contributed by atoms with van der Waals surface area (Å²) in [5.41, 5.74) is -0.193. The van der Waals surface area contributed by atoms with E-state index in [2.05, 4.69) is 5.32 Å². The molecule has 0 radical (unpaired) electrons. The van der Waals surface area contributed by atoms with E-state index in [0.717, 1.165) is 0 Å². The van der Waals surface area contributed by atoms with Crippen molar-refractivity contribution < 1.29 is 43.5 Å². The van der Waals surface area contributed by atoms with Crippen LogP contribution in [0.3, 0.4) is 0 Å². The molecule has 0 aromatic heterocycles. The number of carbonyl (C=O) groups excluding carboxylic acids is 1. The third kappa shape index (κ3) is 7.93. The predicted molar refractivity (Wildman–Crippen MR) is 129 cm³/mol. The van der Waals surface area contributed by atoms with Gasteiger partial charge in [0, 0.05) is 25.2 Å². The first-order chi connectivity index (χ1) is 16.4. The number of carboxylic acid groups (broad SMARTS) is 1. The fraction of sp³-hybridized carbons (Fsp3) is 0.600. The molecular formula is C25H37NO9. The van der Waals surface area contributed by atoms with Crippen LogP contribution in [0, 0.1) is 11.8 Å². The summed E-state index contributed by atoms with van der Waals surface area (Å²) in [5, 5.41) is 22.1. The smallest absolute Gasteiger partial charge is 0.341 e. The average Bonchev–Trinajstić information content (AvgIpc) is 3.08. The number of hydrogen-bond donors (Lipinski definition) is 3. The summed E-state index contributed by atoms with van der Waals surface area (Å²) in [4.78, 5) is 25.0. The van der Waals surface area contributed by atoms with Gasteiger partial charge in [-0.25, -0.2) is 4.79 Å². The molecule has 0 aliphatic carbocycles. The Labute approximate surface area is 206 Å². The van der Waals surface area contributed by atoms with Crippen LogP contribution in [0.15, 0.2) is 24.3 Å². The zero-order valence-corrected chi connectivity index (χ0v) is 21.4. The molecule has 35 heavy (non-hydrogen) atoms. The van der Waals surface area contributed by atoms with Crippen LogP contribution < -0.4 is 14.8 Å². The molecule has 196 valence electrons. The number of ether oxygens (including phenoxy) is 5. The van der Waals surface area contributed by atoms with Crippen LogP contribution in [-0.4, -0.2) is 67.2 Å². The highest BCUT2D eigenvalue weighted by molar-refractivity contribution is 6.03. The lowest BCUT2D eigenvalue weighted by molar-refractivity contribution is -0.150. The van der Waals surface area contributed by atoms with Crippen molar-refractivity contribution in [3.63, 3.8) is 0 Å². The Bertz CT molecular complexity index is 912. The minimum atomic E-state index is -1.28. The van der Waals surface area contributed by atoms with Gasteiger partial charge >= 0.3 is 5.97 Å². The second-order valence-corrected chi connectivity index (χ2v) is 9.14. The largest absolute Gasteiger partial charge is 0.497 e. The van der Waals surface area contributed by atoms with Crippen LogP contribution in [0.1, 0.15) is 51.4 Å². The molecule has 0 bridgehead atoms. The van der Waals surface area contributed by atoms with Crippen molar-refractivity contribution in [2.75, 3.05) is 26.3 Å². The quantitative estimate of drug-likeness (QED) is 0.295. The van der Waals surface area contributed by atoms with Gasteiger partial charge in [0.05, 0.1) is 37.5 Å². The SMILES string of the molecule is COCOc1cc(OC)cc(NC(=O)C[C@H]2OC(C)(C)O[C@@H]2C(C)/C=C\[C@H](C)[C@@H](C)O)c1C(=O)O. The van der Waals surface area contributed by atoms with E-state index < -0.39 is 36.0 Å². The highest BCUT2D eigenvalue weighted by Crippen LogP contribution is 2.36.